The molecule has 2 aromatic rings. The molecule has 6 heteroatoms. The fraction of sp³-hybridized carbons (Fsp3) is 0.696. The number of rotatable bonds is 6. The molecule has 0 saturated carbocycles. The van der Waals surface area contributed by atoms with Crippen molar-refractivity contribution in [2.24, 2.45) is 5.92 Å². The largest absolute Gasteiger partial charge is 0.352 e. The third kappa shape index (κ3) is 4.27. The first kappa shape index (κ1) is 20.6. The SMILES string of the molecule is CCCCc1nc(N2CCN(C(=O)CCC)CC2)c2c3c(sc2n1)CC(C)CC3. The molecule has 1 atom stereocenters. The summed E-state index contributed by atoms with van der Waals surface area (Å²) in [6, 6.07) is 0. The third-order valence-electron chi connectivity index (χ3n) is 6.33. The molecule has 1 aliphatic heterocycles. The van der Waals surface area contributed by atoms with Crippen molar-refractivity contribution in [1.29, 1.82) is 0 Å². The highest BCUT2D eigenvalue weighted by atomic mass is 32.1. The van der Waals surface area contributed by atoms with Gasteiger partial charge in [0.25, 0.3) is 0 Å². The van der Waals surface area contributed by atoms with Crippen LogP contribution in [0.15, 0.2) is 0 Å². The molecular formula is C23H34N4OS. The van der Waals surface area contributed by atoms with Crippen molar-refractivity contribution in [1.82, 2.24) is 14.9 Å². The molecule has 2 aromatic heterocycles. The summed E-state index contributed by atoms with van der Waals surface area (Å²) in [6.45, 7) is 10.0. The van der Waals surface area contributed by atoms with E-state index < -0.39 is 0 Å². The molecule has 4 rings (SSSR count). The lowest BCUT2D eigenvalue weighted by Crippen LogP contribution is -2.49. The Balaban J connectivity index is 1.66. The van der Waals surface area contributed by atoms with Crippen molar-refractivity contribution in [3.8, 4) is 0 Å². The highest BCUT2D eigenvalue weighted by Crippen LogP contribution is 2.41. The molecule has 1 aliphatic carbocycles. The number of hydrogen-bond donors (Lipinski definition) is 0. The Labute approximate surface area is 178 Å². The number of thiophene rings is 1. The van der Waals surface area contributed by atoms with Gasteiger partial charge in [0.2, 0.25) is 5.91 Å². The second-order valence-corrected chi connectivity index (χ2v) is 9.80. The van der Waals surface area contributed by atoms with E-state index in [0.29, 0.717) is 12.3 Å². The van der Waals surface area contributed by atoms with Crippen LogP contribution in [0.1, 0.15) is 69.1 Å². The van der Waals surface area contributed by atoms with Crippen LogP contribution in [0.4, 0.5) is 5.82 Å². The van der Waals surface area contributed by atoms with Crippen LogP contribution < -0.4 is 4.90 Å². The number of piperazine rings is 1. The molecule has 1 unspecified atom stereocenters. The normalized spacial score (nSPS) is 19.6. The van der Waals surface area contributed by atoms with Crippen LogP contribution in [0, 0.1) is 5.92 Å². The Kier molecular flexibility index (Phi) is 6.38. The Bertz CT molecular complexity index is 869. The lowest BCUT2D eigenvalue weighted by atomic mass is 9.89. The average molecular weight is 415 g/mol. The average Bonchev–Trinajstić information content (AvgIpc) is 3.09. The lowest BCUT2D eigenvalue weighted by molar-refractivity contribution is -0.131. The van der Waals surface area contributed by atoms with E-state index in [9.17, 15) is 4.79 Å². The molecule has 0 bridgehead atoms. The lowest BCUT2D eigenvalue weighted by Gasteiger charge is -2.36. The first-order valence-electron chi connectivity index (χ1n) is 11.4. The molecule has 0 N–H and O–H groups in total. The van der Waals surface area contributed by atoms with Crippen molar-refractivity contribution in [2.75, 3.05) is 31.1 Å². The van der Waals surface area contributed by atoms with E-state index >= 15 is 0 Å². The van der Waals surface area contributed by atoms with Gasteiger partial charge in [-0.3, -0.25) is 4.79 Å². The number of anilines is 1. The number of carbonyl (C=O) groups excluding carboxylic acids is 1. The molecule has 5 nitrogen and oxygen atoms in total. The van der Waals surface area contributed by atoms with Gasteiger partial charge in [0.15, 0.2) is 0 Å². The summed E-state index contributed by atoms with van der Waals surface area (Å²) in [5, 5.41) is 1.31. The minimum absolute atomic E-state index is 0.297. The first-order valence-corrected chi connectivity index (χ1v) is 12.3. The summed E-state index contributed by atoms with van der Waals surface area (Å²) >= 11 is 1.90. The fourth-order valence-corrected chi connectivity index (χ4v) is 5.98. The van der Waals surface area contributed by atoms with Gasteiger partial charge in [0, 0.05) is 43.9 Å². The number of aryl methyl sites for hydroxylation is 2. The quantitative estimate of drug-likeness (QED) is 0.693. The Morgan fingerprint density at radius 2 is 1.93 bits per heavy atom. The maximum absolute atomic E-state index is 12.3. The third-order valence-corrected chi connectivity index (χ3v) is 7.48. The molecule has 158 valence electrons. The molecule has 0 radical (unpaired) electrons. The molecule has 1 saturated heterocycles. The predicted molar refractivity (Wildman–Crippen MR) is 121 cm³/mol. The standard InChI is InChI=1S/C23H34N4OS/c1-4-6-8-19-24-22(27-13-11-26(12-14-27)20(28)7-5-2)21-17-10-9-16(3)15-18(17)29-23(21)25-19/h16H,4-15H2,1-3H3. The van der Waals surface area contributed by atoms with Crippen LogP contribution in [0.2, 0.25) is 0 Å². The van der Waals surface area contributed by atoms with E-state index in [4.69, 9.17) is 9.97 Å². The Morgan fingerprint density at radius 3 is 2.66 bits per heavy atom. The van der Waals surface area contributed by atoms with Gasteiger partial charge >= 0.3 is 0 Å². The first-order chi connectivity index (χ1) is 14.1. The number of nitrogens with zero attached hydrogens (tertiary/aromatic N) is 4. The van der Waals surface area contributed by atoms with Gasteiger partial charge in [0.05, 0.1) is 5.39 Å². The van der Waals surface area contributed by atoms with Gasteiger partial charge in [-0.25, -0.2) is 9.97 Å². The van der Waals surface area contributed by atoms with E-state index in [0.717, 1.165) is 75.8 Å². The van der Waals surface area contributed by atoms with Crippen molar-refractivity contribution in [2.45, 2.75) is 72.1 Å². The van der Waals surface area contributed by atoms with E-state index in [-0.39, 0.29) is 0 Å². The molecule has 0 aromatic carbocycles. The van der Waals surface area contributed by atoms with E-state index in [1.165, 1.54) is 33.5 Å². The number of hydrogen-bond acceptors (Lipinski definition) is 5. The van der Waals surface area contributed by atoms with Crippen LogP contribution in [0.3, 0.4) is 0 Å². The maximum Gasteiger partial charge on any atom is 0.222 e. The second kappa shape index (κ2) is 8.99. The van der Waals surface area contributed by atoms with E-state index in [1.54, 1.807) is 0 Å². The number of fused-ring (bicyclic) bond motifs is 3. The molecule has 3 heterocycles. The van der Waals surface area contributed by atoms with Crippen LogP contribution in [-0.4, -0.2) is 47.0 Å². The smallest absolute Gasteiger partial charge is 0.222 e. The number of unbranched alkanes of at least 4 members (excludes halogenated alkanes) is 1. The predicted octanol–water partition coefficient (Wildman–Crippen LogP) is 4.61. The summed E-state index contributed by atoms with van der Waals surface area (Å²) in [7, 11) is 0. The zero-order valence-corrected chi connectivity index (χ0v) is 19.0. The van der Waals surface area contributed by atoms with Crippen LogP contribution in [-0.2, 0) is 24.1 Å². The van der Waals surface area contributed by atoms with Crippen LogP contribution in [0.25, 0.3) is 10.2 Å². The second-order valence-electron chi connectivity index (χ2n) is 8.72. The van der Waals surface area contributed by atoms with Gasteiger partial charge in [-0.05, 0) is 43.6 Å². The summed E-state index contributed by atoms with van der Waals surface area (Å²) in [5.74, 6) is 3.19. The number of carbonyl (C=O) groups is 1. The summed E-state index contributed by atoms with van der Waals surface area (Å²) in [4.78, 5) is 29.5. The Hall–Kier alpha value is -1.69. The molecule has 1 fully saturated rings. The molecule has 0 spiro atoms. The van der Waals surface area contributed by atoms with Crippen LogP contribution >= 0.6 is 11.3 Å². The highest BCUT2D eigenvalue weighted by Gasteiger charge is 2.28. The van der Waals surface area contributed by atoms with Crippen molar-refractivity contribution < 1.29 is 4.79 Å². The van der Waals surface area contributed by atoms with Gasteiger partial charge in [-0.2, -0.15) is 0 Å². The molecule has 29 heavy (non-hydrogen) atoms. The summed E-state index contributed by atoms with van der Waals surface area (Å²) < 4.78 is 0. The zero-order chi connectivity index (χ0) is 20.4. The van der Waals surface area contributed by atoms with Crippen molar-refractivity contribution >= 4 is 33.3 Å². The van der Waals surface area contributed by atoms with E-state index in [2.05, 4.69) is 25.7 Å². The molecule has 1 amide bonds. The van der Waals surface area contributed by atoms with Gasteiger partial charge in [0.1, 0.15) is 16.5 Å². The minimum atomic E-state index is 0.297. The van der Waals surface area contributed by atoms with Crippen molar-refractivity contribution in [3.05, 3.63) is 16.3 Å². The monoisotopic (exact) mass is 414 g/mol. The molecule has 2 aliphatic rings. The Morgan fingerprint density at radius 1 is 1.14 bits per heavy atom. The number of aromatic nitrogens is 2. The topological polar surface area (TPSA) is 49.3 Å². The van der Waals surface area contributed by atoms with Gasteiger partial charge in [-0.15, -0.1) is 11.3 Å². The zero-order valence-electron chi connectivity index (χ0n) is 18.2. The summed E-state index contributed by atoms with van der Waals surface area (Å²) in [5.41, 5.74) is 1.50. The number of amides is 1. The fourth-order valence-electron chi connectivity index (χ4n) is 4.58. The summed E-state index contributed by atoms with van der Waals surface area (Å²) in [6.07, 6.45) is 8.42. The van der Waals surface area contributed by atoms with Crippen LogP contribution in [0.5, 0.6) is 0 Å². The minimum Gasteiger partial charge on any atom is -0.352 e. The highest BCUT2D eigenvalue weighted by molar-refractivity contribution is 7.19. The van der Waals surface area contributed by atoms with Gasteiger partial charge in [-0.1, -0.05) is 27.2 Å². The van der Waals surface area contributed by atoms with E-state index in [1.807, 2.05) is 16.2 Å². The van der Waals surface area contributed by atoms with Gasteiger partial charge < -0.3 is 9.80 Å². The van der Waals surface area contributed by atoms with Crippen molar-refractivity contribution in [3.63, 3.8) is 0 Å². The molecular weight excluding hydrogens is 380 g/mol. The maximum atomic E-state index is 12.3.